The Kier molecular flexibility index (Phi) is 2.52. The van der Waals surface area contributed by atoms with Crippen LogP contribution in [0.2, 0.25) is 0 Å². The first-order valence-corrected chi connectivity index (χ1v) is 3.76. The molecule has 0 aliphatic heterocycles. The van der Waals surface area contributed by atoms with Gasteiger partial charge in [-0.2, -0.15) is 4.91 Å². The number of ketones is 1. The van der Waals surface area contributed by atoms with Gasteiger partial charge in [0.2, 0.25) is 0 Å². The van der Waals surface area contributed by atoms with Crippen LogP contribution in [0.4, 0.5) is 0 Å². The normalized spacial score (nSPS) is 29.8. The van der Waals surface area contributed by atoms with Crippen molar-refractivity contribution in [3.05, 3.63) is 17.6 Å². The Hall–Kier alpha value is -0.990. The molecular weight excluding hydrogens is 142 g/mol. The third-order valence-corrected chi connectivity index (χ3v) is 2.16. The third kappa shape index (κ3) is 1.73. The van der Waals surface area contributed by atoms with Crippen molar-refractivity contribution in [3.63, 3.8) is 0 Å². The molecule has 3 nitrogen and oxygen atoms in total. The number of nitroso groups, excluding NO2 is 1. The molecule has 3 heteroatoms. The fourth-order valence-electron chi connectivity index (χ4n) is 1.48. The lowest BCUT2D eigenvalue weighted by atomic mass is 10.0. The maximum Gasteiger partial charge on any atom is 0.158 e. The molecule has 1 rings (SSSR count). The van der Waals surface area contributed by atoms with Gasteiger partial charge in [0.1, 0.15) is 0 Å². The highest BCUT2D eigenvalue weighted by Gasteiger charge is 2.28. The van der Waals surface area contributed by atoms with E-state index >= 15 is 0 Å². The monoisotopic (exact) mass is 153 g/mol. The summed E-state index contributed by atoms with van der Waals surface area (Å²) in [6.07, 6.45) is 3.50. The summed E-state index contributed by atoms with van der Waals surface area (Å²) in [5.74, 6) is 0.0614. The molecule has 0 heterocycles. The van der Waals surface area contributed by atoms with E-state index in [0.717, 1.165) is 12.8 Å². The molecule has 0 radical (unpaired) electrons. The average Bonchev–Trinajstić information content (AvgIpc) is 2.50. The second kappa shape index (κ2) is 3.42. The molecule has 1 saturated carbocycles. The van der Waals surface area contributed by atoms with Gasteiger partial charge in [-0.05, 0) is 25.3 Å². The number of hydrogen-bond donors (Lipinski definition) is 0. The van der Waals surface area contributed by atoms with Crippen LogP contribution < -0.4 is 0 Å². The first-order valence-electron chi connectivity index (χ1n) is 3.76. The Morgan fingerprint density at radius 1 is 1.55 bits per heavy atom. The van der Waals surface area contributed by atoms with Gasteiger partial charge in [-0.1, -0.05) is 11.8 Å². The highest BCUT2D eigenvalue weighted by molar-refractivity contribution is 5.91. The van der Waals surface area contributed by atoms with E-state index in [1.54, 1.807) is 0 Å². The van der Waals surface area contributed by atoms with Crippen molar-refractivity contribution < 1.29 is 4.79 Å². The summed E-state index contributed by atoms with van der Waals surface area (Å²) < 4.78 is 0. The van der Waals surface area contributed by atoms with Gasteiger partial charge in [0.05, 0.1) is 6.04 Å². The van der Waals surface area contributed by atoms with E-state index in [1.807, 2.05) is 0 Å². The number of carbonyl (C=O) groups excluding carboxylic acids is 1. The van der Waals surface area contributed by atoms with E-state index in [-0.39, 0.29) is 17.7 Å². The van der Waals surface area contributed by atoms with Gasteiger partial charge >= 0.3 is 0 Å². The molecule has 0 saturated heterocycles. The molecule has 0 N–H and O–H groups in total. The third-order valence-electron chi connectivity index (χ3n) is 2.16. The zero-order chi connectivity index (χ0) is 8.27. The van der Waals surface area contributed by atoms with Crippen molar-refractivity contribution in [2.24, 2.45) is 11.1 Å². The summed E-state index contributed by atoms with van der Waals surface area (Å²) in [7, 11) is 0. The standard InChI is InChI=1S/C8H11NO2/c1-2-8(10)6-3-4-7(5-6)9-11/h2,6-7H,1,3-5H2/t6?,7-/m0/s1. The van der Waals surface area contributed by atoms with E-state index in [0.29, 0.717) is 6.42 Å². The molecule has 1 fully saturated rings. The van der Waals surface area contributed by atoms with E-state index in [4.69, 9.17) is 0 Å². The Morgan fingerprint density at radius 3 is 2.73 bits per heavy atom. The molecule has 0 bridgehead atoms. The highest BCUT2D eigenvalue weighted by Crippen LogP contribution is 2.28. The van der Waals surface area contributed by atoms with Crippen LogP contribution in [-0.2, 0) is 4.79 Å². The van der Waals surface area contributed by atoms with E-state index in [2.05, 4.69) is 11.8 Å². The molecule has 0 aromatic heterocycles. The summed E-state index contributed by atoms with van der Waals surface area (Å²) >= 11 is 0. The van der Waals surface area contributed by atoms with E-state index < -0.39 is 0 Å². The van der Waals surface area contributed by atoms with Crippen LogP contribution in [0.5, 0.6) is 0 Å². The number of nitrogens with zero attached hydrogens (tertiary/aromatic N) is 1. The smallest absolute Gasteiger partial charge is 0.158 e. The SMILES string of the molecule is C=CC(=O)C1CC[C@H](N=O)C1. The molecule has 2 atom stereocenters. The maximum absolute atomic E-state index is 11.0. The molecule has 0 amide bonds. The fraction of sp³-hybridized carbons (Fsp3) is 0.625. The second-order valence-corrected chi connectivity index (χ2v) is 2.88. The summed E-state index contributed by atoms with van der Waals surface area (Å²) in [5.41, 5.74) is 0. The number of hydrogen-bond acceptors (Lipinski definition) is 3. The van der Waals surface area contributed by atoms with E-state index in [1.165, 1.54) is 6.08 Å². The maximum atomic E-state index is 11.0. The molecule has 0 aromatic carbocycles. The lowest BCUT2D eigenvalue weighted by Crippen LogP contribution is -2.08. The first kappa shape index (κ1) is 8.11. The van der Waals surface area contributed by atoms with Gasteiger partial charge in [-0.3, -0.25) is 4.79 Å². The quantitative estimate of drug-likeness (QED) is 0.457. The number of carbonyl (C=O) groups is 1. The molecule has 0 aromatic rings. The minimum atomic E-state index is -0.135. The van der Waals surface area contributed by atoms with Crippen LogP contribution in [0.1, 0.15) is 19.3 Å². The average molecular weight is 153 g/mol. The van der Waals surface area contributed by atoms with Crippen LogP contribution in [0, 0.1) is 10.8 Å². The Morgan fingerprint density at radius 2 is 2.27 bits per heavy atom. The topological polar surface area (TPSA) is 46.5 Å². The van der Waals surface area contributed by atoms with Crippen molar-refractivity contribution in [2.75, 3.05) is 0 Å². The molecule has 1 unspecified atom stereocenters. The Labute approximate surface area is 65.5 Å². The van der Waals surface area contributed by atoms with Crippen molar-refractivity contribution >= 4 is 5.78 Å². The van der Waals surface area contributed by atoms with Gasteiger partial charge in [0, 0.05) is 5.92 Å². The molecule has 1 aliphatic carbocycles. The molecule has 11 heavy (non-hydrogen) atoms. The predicted molar refractivity (Wildman–Crippen MR) is 42.1 cm³/mol. The van der Waals surface area contributed by atoms with Crippen LogP contribution in [0.3, 0.4) is 0 Å². The summed E-state index contributed by atoms with van der Waals surface area (Å²) in [6.45, 7) is 3.40. The van der Waals surface area contributed by atoms with Gasteiger partial charge in [-0.15, -0.1) is 0 Å². The zero-order valence-corrected chi connectivity index (χ0v) is 6.32. The molecule has 60 valence electrons. The van der Waals surface area contributed by atoms with Crippen molar-refractivity contribution in [1.29, 1.82) is 0 Å². The first-order chi connectivity index (χ1) is 5.27. The molecule has 0 spiro atoms. The van der Waals surface area contributed by atoms with Crippen LogP contribution in [0.25, 0.3) is 0 Å². The van der Waals surface area contributed by atoms with E-state index in [9.17, 15) is 9.70 Å². The largest absolute Gasteiger partial charge is 0.295 e. The van der Waals surface area contributed by atoms with Crippen molar-refractivity contribution in [3.8, 4) is 0 Å². The molecule has 1 aliphatic rings. The Balaban J connectivity index is 2.47. The van der Waals surface area contributed by atoms with Crippen LogP contribution in [0.15, 0.2) is 17.8 Å². The van der Waals surface area contributed by atoms with Gasteiger partial charge in [0.25, 0.3) is 0 Å². The van der Waals surface area contributed by atoms with Crippen LogP contribution >= 0.6 is 0 Å². The lowest BCUT2D eigenvalue weighted by Gasteiger charge is -2.01. The predicted octanol–water partition coefficient (Wildman–Crippen LogP) is 1.68. The highest BCUT2D eigenvalue weighted by atomic mass is 16.3. The lowest BCUT2D eigenvalue weighted by molar-refractivity contribution is -0.118. The van der Waals surface area contributed by atoms with Gasteiger partial charge in [-0.25, -0.2) is 0 Å². The minimum absolute atomic E-state index is 0.00944. The van der Waals surface area contributed by atoms with Gasteiger partial charge < -0.3 is 0 Å². The number of allylic oxidation sites excluding steroid dienone is 1. The van der Waals surface area contributed by atoms with Crippen LogP contribution in [-0.4, -0.2) is 11.8 Å². The summed E-state index contributed by atoms with van der Waals surface area (Å²) in [6, 6.07) is -0.135. The molecular formula is C8H11NO2. The second-order valence-electron chi connectivity index (χ2n) is 2.88. The van der Waals surface area contributed by atoms with Gasteiger partial charge in [0.15, 0.2) is 5.78 Å². The summed E-state index contributed by atoms with van der Waals surface area (Å²) in [5, 5.41) is 2.92. The Bertz CT molecular complexity index is 189. The zero-order valence-electron chi connectivity index (χ0n) is 6.32. The van der Waals surface area contributed by atoms with Crippen molar-refractivity contribution in [2.45, 2.75) is 25.3 Å². The minimum Gasteiger partial charge on any atom is -0.295 e. The summed E-state index contributed by atoms with van der Waals surface area (Å²) in [4.78, 5) is 21.1. The number of rotatable bonds is 3. The van der Waals surface area contributed by atoms with Crippen molar-refractivity contribution in [1.82, 2.24) is 0 Å². The fourth-order valence-corrected chi connectivity index (χ4v) is 1.48.